The monoisotopic (exact) mass is 347 g/mol. The first-order valence-electron chi connectivity index (χ1n) is 8.80. The van der Waals surface area contributed by atoms with Gasteiger partial charge in [0.25, 0.3) is 5.91 Å². The maximum atomic E-state index is 13.3. The Bertz CT molecular complexity index is 857. The fraction of sp³-hybridized carbons (Fsp3) is 0.286. The Morgan fingerprint density at radius 3 is 2.46 bits per heavy atom. The van der Waals surface area contributed by atoms with Crippen LogP contribution in [0.5, 0.6) is 0 Å². The molecule has 1 unspecified atom stereocenters. The second-order valence-corrected chi connectivity index (χ2v) is 6.47. The standard InChI is InChI=1S/C21H21N3O2/c1-2-3-13-21(18-11-5-4-6-12-18)19(25)24(20(26)23-21)15-17-10-8-7-9-16(17)14-22/h4-12H,2-3,13,15H2,1H3,(H,23,26). The predicted molar refractivity (Wildman–Crippen MR) is 97.9 cm³/mol. The number of urea groups is 1. The molecule has 0 saturated carbocycles. The number of hydrogen-bond donors (Lipinski definition) is 1. The summed E-state index contributed by atoms with van der Waals surface area (Å²) >= 11 is 0. The Kier molecular flexibility index (Phi) is 5.04. The highest BCUT2D eigenvalue weighted by Gasteiger charge is 2.51. The molecule has 1 atom stereocenters. The lowest BCUT2D eigenvalue weighted by Crippen LogP contribution is -2.44. The maximum Gasteiger partial charge on any atom is 0.325 e. The molecule has 1 aliphatic rings. The highest BCUT2D eigenvalue weighted by molar-refractivity contribution is 6.07. The van der Waals surface area contributed by atoms with Gasteiger partial charge in [0.1, 0.15) is 5.54 Å². The minimum Gasteiger partial charge on any atom is -0.319 e. The second kappa shape index (κ2) is 7.40. The molecule has 26 heavy (non-hydrogen) atoms. The van der Waals surface area contributed by atoms with Crippen molar-refractivity contribution in [1.29, 1.82) is 5.26 Å². The average Bonchev–Trinajstić information content (AvgIpc) is 2.92. The van der Waals surface area contributed by atoms with Crippen LogP contribution in [0, 0.1) is 11.3 Å². The van der Waals surface area contributed by atoms with Crippen LogP contribution in [0.25, 0.3) is 0 Å². The molecule has 2 aromatic carbocycles. The van der Waals surface area contributed by atoms with E-state index in [0.29, 0.717) is 17.5 Å². The number of amides is 3. The molecule has 5 nitrogen and oxygen atoms in total. The van der Waals surface area contributed by atoms with Gasteiger partial charge in [0.05, 0.1) is 18.2 Å². The summed E-state index contributed by atoms with van der Waals surface area (Å²) < 4.78 is 0. The maximum absolute atomic E-state index is 13.3. The van der Waals surface area contributed by atoms with Gasteiger partial charge in [0.15, 0.2) is 0 Å². The minimum absolute atomic E-state index is 0.0924. The lowest BCUT2D eigenvalue weighted by atomic mass is 9.85. The number of carbonyl (C=O) groups is 2. The van der Waals surface area contributed by atoms with Crippen molar-refractivity contribution in [1.82, 2.24) is 10.2 Å². The van der Waals surface area contributed by atoms with Crippen LogP contribution in [0.2, 0.25) is 0 Å². The van der Waals surface area contributed by atoms with Crippen molar-refractivity contribution in [3.05, 3.63) is 71.3 Å². The van der Waals surface area contributed by atoms with Crippen molar-refractivity contribution in [2.75, 3.05) is 0 Å². The van der Waals surface area contributed by atoms with Crippen molar-refractivity contribution in [3.8, 4) is 6.07 Å². The van der Waals surface area contributed by atoms with Gasteiger partial charge in [-0.2, -0.15) is 5.26 Å². The van der Waals surface area contributed by atoms with Gasteiger partial charge in [-0.25, -0.2) is 4.79 Å². The van der Waals surface area contributed by atoms with Crippen LogP contribution < -0.4 is 5.32 Å². The molecule has 1 heterocycles. The highest BCUT2D eigenvalue weighted by atomic mass is 16.2. The molecule has 1 fully saturated rings. The van der Waals surface area contributed by atoms with Gasteiger partial charge >= 0.3 is 6.03 Å². The minimum atomic E-state index is -1.03. The number of nitrogens with one attached hydrogen (secondary N) is 1. The summed E-state index contributed by atoms with van der Waals surface area (Å²) in [6.07, 6.45) is 2.30. The molecule has 2 aromatic rings. The van der Waals surface area contributed by atoms with E-state index >= 15 is 0 Å². The molecule has 1 saturated heterocycles. The number of hydrogen-bond acceptors (Lipinski definition) is 3. The fourth-order valence-electron chi connectivity index (χ4n) is 3.38. The van der Waals surface area contributed by atoms with E-state index in [-0.39, 0.29) is 12.5 Å². The molecule has 3 amide bonds. The van der Waals surface area contributed by atoms with Crippen LogP contribution in [0.3, 0.4) is 0 Å². The number of carbonyl (C=O) groups excluding carboxylic acids is 2. The summed E-state index contributed by atoms with van der Waals surface area (Å²) in [7, 11) is 0. The number of nitrogens with zero attached hydrogens (tertiary/aromatic N) is 2. The van der Waals surface area contributed by atoms with Crippen LogP contribution in [0.4, 0.5) is 4.79 Å². The third-order valence-corrected chi connectivity index (χ3v) is 4.81. The number of nitriles is 1. The predicted octanol–water partition coefficient (Wildman–Crippen LogP) is 3.70. The Morgan fingerprint density at radius 2 is 1.77 bits per heavy atom. The van der Waals surface area contributed by atoms with E-state index in [4.69, 9.17) is 0 Å². The van der Waals surface area contributed by atoms with Crippen LogP contribution in [-0.4, -0.2) is 16.8 Å². The van der Waals surface area contributed by atoms with Gasteiger partial charge in [0, 0.05) is 0 Å². The zero-order valence-corrected chi connectivity index (χ0v) is 14.7. The third kappa shape index (κ3) is 3.06. The molecule has 132 valence electrons. The first-order valence-corrected chi connectivity index (χ1v) is 8.80. The summed E-state index contributed by atoms with van der Waals surface area (Å²) in [6, 6.07) is 18.1. The van der Waals surface area contributed by atoms with Gasteiger partial charge in [-0.05, 0) is 23.6 Å². The van der Waals surface area contributed by atoms with E-state index < -0.39 is 11.6 Å². The molecule has 1 N–H and O–H groups in total. The van der Waals surface area contributed by atoms with Crippen molar-refractivity contribution in [3.63, 3.8) is 0 Å². The van der Waals surface area contributed by atoms with Crippen LogP contribution in [-0.2, 0) is 16.9 Å². The van der Waals surface area contributed by atoms with Crippen LogP contribution in [0.1, 0.15) is 42.9 Å². The molecule has 0 radical (unpaired) electrons. The Balaban J connectivity index is 1.96. The van der Waals surface area contributed by atoms with E-state index in [1.165, 1.54) is 4.90 Å². The average molecular weight is 347 g/mol. The van der Waals surface area contributed by atoms with Gasteiger partial charge in [0.2, 0.25) is 0 Å². The summed E-state index contributed by atoms with van der Waals surface area (Å²) in [5.41, 5.74) is 0.898. The van der Waals surface area contributed by atoms with E-state index in [9.17, 15) is 14.9 Å². The molecule has 3 rings (SSSR count). The van der Waals surface area contributed by atoms with E-state index in [2.05, 4.69) is 18.3 Å². The topological polar surface area (TPSA) is 73.2 Å². The van der Waals surface area contributed by atoms with Gasteiger partial charge in [-0.15, -0.1) is 0 Å². The Hall–Kier alpha value is -3.13. The van der Waals surface area contributed by atoms with E-state index in [1.54, 1.807) is 24.3 Å². The number of benzene rings is 2. The first kappa shape index (κ1) is 17.7. The fourth-order valence-corrected chi connectivity index (χ4v) is 3.38. The molecule has 0 aromatic heterocycles. The molecule has 0 aliphatic carbocycles. The molecular formula is C21H21N3O2. The molecule has 0 spiro atoms. The van der Waals surface area contributed by atoms with Crippen LogP contribution in [0.15, 0.2) is 54.6 Å². The second-order valence-electron chi connectivity index (χ2n) is 6.47. The lowest BCUT2D eigenvalue weighted by Gasteiger charge is -2.27. The Labute approximate surface area is 153 Å². The number of rotatable bonds is 6. The lowest BCUT2D eigenvalue weighted by molar-refractivity contribution is -0.132. The van der Waals surface area contributed by atoms with E-state index in [1.807, 2.05) is 30.3 Å². The number of unbranched alkanes of at least 4 members (excludes halogenated alkanes) is 1. The van der Waals surface area contributed by atoms with Crippen LogP contribution >= 0.6 is 0 Å². The summed E-state index contributed by atoms with van der Waals surface area (Å²) in [4.78, 5) is 27.2. The van der Waals surface area contributed by atoms with E-state index in [0.717, 1.165) is 18.4 Å². The van der Waals surface area contributed by atoms with Gasteiger partial charge in [-0.1, -0.05) is 68.3 Å². The highest BCUT2D eigenvalue weighted by Crippen LogP contribution is 2.35. The molecule has 1 aliphatic heterocycles. The molecule has 0 bridgehead atoms. The normalized spacial score (nSPS) is 19.3. The first-order chi connectivity index (χ1) is 12.6. The summed E-state index contributed by atoms with van der Waals surface area (Å²) in [6.45, 7) is 2.15. The smallest absolute Gasteiger partial charge is 0.319 e. The zero-order chi connectivity index (χ0) is 18.6. The van der Waals surface area contributed by atoms with Crippen molar-refractivity contribution in [2.24, 2.45) is 0 Å². The summed E-state index contributed by atoms with van der Waals surface area (Å²) in [5, 5.41) is 12.2. The molecule has 5 heteroatoms. The van der Waals surface area contributed by atoms with Gasteiger partial charge in [-0.3, -0.25) is 9.69 Å². The van der Waals surface area contributed by atoms with Gasteiger partial charge < -0.3 is 5.32 Å². The quantitative estimate of drug-likeness (QED) is 0.810. The van der Waals surface area contributed by atoms with Crippen molar-refractivity contribution < 1.29 is 9.59 Å². The largest absolute Gasteiger partial charge is 0.325 e. The Morgan fingerprint density at radius 1 is 1.08 bits per heavy atom. The summed E-state index contributed by atoms with van der Waals surface area (Å²) in [5.74, 6) is -0.255. The van der Waals surface area contributed by atoms with Crippen molar-refractivity contribution in [2.45, 2.75) is 38.3 Å². The third-order valence-electron chi connectivity index (χ3n) is 4.81. The number of imide groups is 1. The van der Waals surface area contributed by atoms with Crippen molar-refractivity contribution >= 4 is 11.9 Å². The molecular weight excluding hydrogens is 326 g/mol. The SMILES string of the molecule is CCCCC1(c2ccccc2)NC(=O)N(Cc2ccccc2C#N)C1=O. The zero-order valence-electron chi connectivity index (χ0n) is 14.7.